The number of anilines is 1. The van der Waals surface area contributed by atoms with E-state index in [0.717, 1.165) is 24.5 Å². The highest BCUT2D eigenvalue weighted by Gasteiger charge is 2.20. The van der Waals surface area contributed by atoms with E-state index in [1.54, 1.807) is 0 Å². The van der Waals surface area contributed by atoms with E-state index in [2.05, 4.69) is 17.1 Å². The Kier molecular flexibility index (Phi) is 4.93. The van der Waals surface area contributed by atoms with Gasteiger partial charge in [-0.05, 0) is 43.1 Å². The van der Waals surface area contributed by atoms with Crippen molar-refractivity contribution in [3.05, 3.63) is 54.6 Å². The average molecular weight is 310 g/mol. The summed E-state index contributed by atoms with van der Waals surface area (Å²) in [5, 5.41) is 2.95. The molecule has 1 atom stereocenters. The van der Waals surface area contributed by atoms with Crippen LogP contribution in [0.2, 0.25) is 0 Å². The summed E-state index contributed by atoms with van der Waals surface area (Å²) in [6.45, 7) is 4.69. The second-order valence-electron chi connectivity index (χ2n) is 6.12. The number of hydrogen-bond donors (Lipinski definition) is 1. The van der Waals surface area contributed by atoms with E-state index >= 15 is 0 Å². The molecule has 0 spiro atoms. The van der Waals surface area contributed by atoms with Crippen LogP contribution in [-0.2, 0) is 4.79 Å². The van der Waals surface area contributed by atoms with Crippen molar-refractivity contribution in [1.29, 1.82) is 0 Å². The topological polar surface area (TPSA) is 41.6 Å². The van der Waals surface area contributed by atoms with Gasteiger partial charge in [0.25, 0.3) is 0 Å². The molecule has 4 heteroatoms. The fourth-order valence-corrected chi connectivity index (χ4v) is 2.84. The Labute approximate surface area is 137 Å². The van der Waals surface area contributed by atoms with Crippen LogP contribution in [0.1, 0.15) is 13.3 Å². The predicted octanol–water partition coefficient (Wildman–Crippen LogP) is 3.76. The lowest BCUT2D eigenvalue weighted by Crippen LogP contribution is -2.31. The molecule has 1 saturated heterocycles. The maximum Gasteiger partial charge on any atom is 0.238 e. The third-order valence-electron chi connectivity index (χ3n) is 3.97. The van der Waals surface area contributed by atoms with E-state index in [0.29, 0.717) is 18.2 Å². The van der Waals surface area contributed by atoms with Gasteiger partial charge in [-0.15, -0.1) is 0 Å². The molecule has 1 unspecified atom stereocenters. The molecule has 1 amide bonds. The summed E-state index contributed by atoms with van der Waals surface area (Å²) in [7, 11) is 0. The Morgan fingerprint density at radius 2 is 1.96 bits per heavy atom. The number of nitrogens with one attached hydrogen (secondary N) is 1. The number of likely N-dealkylation sites (tertiary alicyclic amines) is 1. The van der Waals surface area contributed by atoms with Crippen LogP contribution in [-0.4, -0.2) is 30.4 Å². The SMILES string of the molecule is CC1CCN(CC(=O)Nc2cccc(Oc3ccccc3)c2)C1. The molecule has 1 aliphatic rings. The zero-order chi connectivity index (χ0) is 16.1. The number of benzene rings is 2. The van der Waals surface area contributed by atoms with Crippen molar-refractivity contribution in [3.8, 4) is 11.5 Å². The minimum absolute atomic E-state index is 0.0240. The number of carbonyl (C=O) groups excluding carboxylic acids is 1. The third kappa shape index (κ3) is 4.57. The summed E-state index contributed by atoms with van der Waals surface area (Å²) in [5.74, 6) is 2.20. The summed E-state index contributed by atoms with van der Waals surface area (Å²) in [6.07, 6.45) is 1.17. The lowest BCUT2D eigenvalue weighted by molar-refractivity contribution is -0.117. The first-order valence-corrected chi connectivity index (χ1v) is 8.04. The van der Waals surface area contributed by atoms with E-state index in [1.165, 1.54) is 6.42 Å². The van der Waals surface area contributed by atoms with E-state index in [1.807, 2.05) is 54.6 Å². The van der Waals surface area contributed by atoms with Crippen molar-refractivity contribution < 1.29 is 9.53 Å². The maximum atomic E-state index is 12.2. The normalized spacial score (nSPS) is 17.9. The zero-order valence-corrected chi connectivity index (χ0v) is 13.4. The third-order valence-corrected chi connectivity index (χ3v) is 3.97. The van der Waals surface area contributed by atoms with Gasteiger partial charge in [-0.25, -0.2) is 0 Å². The minimum Gasteiger partial charge on any atom is -0.457 e. The molecule has 1 fully saturated rings. The highest BCUT2D eigenvalue weighted by atomic mass is 16.5. The number of hydrogen-bond acceptors (Lipinski definition) is 3. The second-order valence-corrected chi connectivity index (χ2v) is 6.12. The summed E-state index contributed by atoms with van der Waals surface area (Å²) < 4.78 is 5.79. The maximum absolute atomic E-state index is 12.2. The van der Waals surface area contributed by atoms with Gasteiger partial charge in [-0.2, -0.15) is 0 Å². The molecule has 2 aromatic rings. The molecular weight excluding hydrogens is 288 g/mol. The molecule has 4 nitrogen and oxygen atoms in total. The van der Waals surface area contributed by atoms with Gasteiger partial charge in [0.2, 0.25) is 5.91 Å². The molecule has 0 aromatic heterocycles. The van der Waals surface area contributed by atoms with Crippen molar-refractivity contribution in [2.75, 3.05) is 25.0 Å². The van der Waals surface area contributed by atoms with Gasteiger partial charge in [0.15, 0.2) is 0 Å². The Morgan fingerprint density at radius 3 is 2.70 bits per heavy atom. The van der Waals surface area contributed by atoms with Crippen LogP contribution in [0.4, 0.5) is 5.69 Å². The lowest BCUT2D eigenvalue weighted by atomic mass is 10.2. The van der Waals surface area contributed by atoms with E-state index in [4.69, 9.17) is 4.74 Å². The largest absolute Gasteiger partial charge is 0.457 e. The van der Waals surface area contributed by atoms with Crippen LogP contribution in [0, 0.1) is 5.92 Å². The average Bonchev–Trinajstić information content (AvgIpc) is 2.93. The molecular formula is C19H22N2O2. The van der Waals surface area contributed by atoms with Gasteiger partial charge in [0.1, 0.15) is 11.5 Å². The van der Waals surface area contributed by atoms with Crippen LogP contribution in [0.25, 0.3) is 0 Å². The Hall–Kier alpha value is -2.33. The molecule has 0 radical (unpaired) electrons. The van der Waals surface area contributed by atoms with E-state index in [9.17, 15) is 4.79 Å². The summed E-state index contributed by atoms with van der Waals surface area (Å²) >= 11 is 0. The number of nitrogens with zero attached hydrogens (tertiary/aromatic N) is 1. The fraction of sp³-hybridized carbons (Fsp3) is 0.316. The molecule has 1 N–H and O–H groups in total. The molecule has 120 valence electrons. The van der Waals surface area contributed by atoms with Crippen LogP contribution >= 0.6 is 0 Å². The highest BCUT2D eigenvalue weighted by molar-refractivity contribution is 5.92. The monoisotopic (exact) mass is 310 g/mol. The van der Waals surface area contributed by atoms with Gasteiger partial charge in [0.05, 0.1) is 6.54 Å². The van der Waals surface area contributed by atoms with Crippen LogP contribution in [0.3, 0.4) is 0 Å². The van der Waals surface area contributed by atoms with Gasteiger partial charge in [-0.3, -0.25) is 9.69 Å². The zero-order valence-electron chi connectivity index (χ0n) is 13.4. The van der Waals surface area contributed by atoms with E-state index < -0.39 is 0 Å². The number of para-hydroxylation sites is 1. The van der Waals surface area contributed by atoms with Gasteiger partial charge < -0.3 is 10.1 Å². The van der Waals surface area contributed by atoms with Crippen LogP contribution < -0.4 is 10.1 Å². The van der Waals surface area contributed by atoms with E-state index in [-0.39, 0.29) is 5.91 Å². The van der Waals surface area contributed by atoms with Gasteiger partial charge in [0, 0.05) is 18.3 Å². The molecule has 1 aliphatic heterocycles. The lowest BCUT2D eigenvalue weighted by Gasteiger charge is -2.15. The van der Waals surface area contributed by atoms with Crippen molar-refractivity contribution in [2.24, 2.45) is 5.92 Å². The fourth-order valence-electron chi connectivity index (χ4n) is 2.84. The Morgan fingerprint density at radius 1 is 1.17 bits per heavy atom. The first-order valence-electron chi connectivity index (χ1n) is 8.04. The Bertz CT molecular complexity index is 657. The quantitative estimate of drug-likeness (QED) is 0.914. The molecule has 23 heavy (non-hydrogen) atoms. The highest BCUT2D eigenvalue weighted by Crippen LogP contribution is 2.24. The number of amides is 1. The first-order chi connectivity index (χ1) is 11.2. The molecule has 1 heterocycles. The van der Waals surface area contributed by atoms with Crippen molar-refractivity contribution >= 4 is 11.6 Å². The van der Waals surface area contributed by atoms with Crippen LogP contribution in [0.15, 0.2) is 54.6 Å². The molecule has 0 bridgehead atoms. The standard InChI is InChI=1S/C19H22N2O2/c1-15-10-11-21(13-15)14-19(22)20-16-6-5-9-18(12-16)23-17-7-3-2-4-8-17/h2-9,12,15H,10-11,13-14H2,1H3,(H,20,22). The number of rotatable bonds is 5. The summed E-state index contributed by atoms with van der Waals surface area (Å²) in [4.78, 5) is 14.3. The first kappa shape index (κ1) is 15.6. The van der Waals surface area contributed by atoms with Crippen molar-refractivity contribution in [3.63, 3.8) is 0 Å². The predicted molar refractivity (Wildman–Crippen MR) is 91.8 cm³/mol. The summed E-state index contributed by atoms with van der Waals surface area (Å²) in [6, 6.07) is 17.1. The molecule has 2 aromatic carbocycles. The number of ether oxygens (including phenoxy) is 1. The molecule has 0 saturated carbocycles. The molecule has 3 rings (SSSR count). The van der Waals surface area contributed by atoms with Gasteiger partial charge >= 0.3 is 0 Å². The van der Waals surface area contributed by atoms with Gasteiger partial charge in [-0.1, -0.05) is 31.2 Å². The van der Waals surface area contributed by atoms with Crippen LogP contribution in [0.5, 0.6) is 11.5 Å². The smallest absolute Gasteiger partial charge is 0.238 e. The molecule has 0 aliphatic carbocycles. The summed E-state index contributed by atoms with van der Waals surface area (Å²) in [5.41, 5.74) is 0.760. The van der Waals surface area contributed by atoms with Crippen molar-refractivity contribution in [2.45, 2.75) is 13.3 Å². The number of carbonyl (C=O) groups is 1. The van der Waals surface area contributed by atoms with Crippen molar-refractivity contribution in [1.82, 2.24) is 4.90 Å². The second kappa shape index (κ2) is 7.29. The Balaban J connectivity index is 1.58. The minimum atomic E-state index is 0.0240.